The fraction of sp³-hybridized carbons (Fsp3) is 0.261. The second-order valence-electron chi connectivity index (χ2n) is 6.91. The van der Waals surface area contributed by atoms with Gasteiger partial charge < -0.3 is 9.47 Å². The predicted molar refractivity (Wildman–Crippen MR) is 116 cm³/mol. The van der Waals surface area contributed by atoms with Gasteiger partial charge in [0.25, 0.3) is 0 Å². The van der Waals surface area contributed by atoms with Gasteiger partial charge in [0.1, 0.15) is 5.75 Å². The molecule has 3 aromatic rings. The highest BCUT2D eigenvalue weighted by Gasteiger charge is 2.26. The molecule has 0 amide bonds. The van der Waals surface area contributed by atoms with E-state index < -0.39 is 22.0 Å². The molecule has 0 heterocycles. The second-order valence-corrected chi connectivity index (χ2v) is 8.59. The van der Waals surface area contributed by atoms with Crippen LogP contribution in [0.15, 0.2) is 65.6 Å². The maximum Gasteiger partial charge on any atom is 0.307 e. The number of carbonyl (C=O) groups excluding carboxylic acids is 1. The van der Waals surface area contributed by atoms with Crippen molar-refractivity contribution in [2.75, 3.05) is 13.7 Å². The third kappa shape index (κ3) is 4.80. The van der Waals surface area contributed by atoms with E-state index >= 15 is 0 Å². The lowest BCUT2D eigenvalue weighted by molar-refractivity contribution is -0.143. The molecular formula is C23H25NO5S. The molecule has 0 aliphatic heterocycles. The highest BCUT2D eigenvalue weighted by Crippen LogP contribution is 2.32. The summed E-state index contributed by atoms with van der Waals surface area (Å²) in [7, 11) is -2.40. The smallest absolute Gasteiger partial charge is 0.307 e. The third-order valence-corrected chi connectivity index (χ3v) is 6.34. The molecule has 1 unspecified atom stereocenters. The van der Waals surface area contributed by atoms with Crippen molar-refractivity contribution in [3.05, 3.63) is 71.8 Å². The van der Waals surface area contributed by atoms with E-state index in [0.29, 0.717) is 22.1 Å². The van der Waals surface area contributed by atoms with Crippen LogP contribution in [0.4, 0.5) is 0 Å². The molecule has 158 valence electrons. The lowest BCUT2D eigenvalue weighted by Gasteiger charge is -2.20. The molecule has 0 spiro atoms. The van der Waals surface area contributed by atoms with Crippen LogP contribution in [-0.4, -0.2) is 28.1 Å². The molecule has 1 atom stereocenters. The first kappa shape index (κ1) is 21.8. The van der Waals surface area contributed by atoms with Crippen molar-refractivity contribution in [3.8, 4) is 5.75 Å². The van der Waals surface area contributed by atoms with Crippen LogP contribution in [0.3, 0.4) is 0 Å². The summed E-state index contributed by atoms with van der Waals surface area (Å²) < 4.78 is 39.8. The quantitative estimate of drug-likeness (QED) is 0.547. The van der Waals surface area contributed by atoms with E-state index in [2.05, 4.69) is 4.72 Å². The summed E-state index contributed by atoms with van der Waals surface area (Å²) in [6.07, 6.45) is -0.107. The molecule has 0 aliphatic carbocycles. The Bertz CT molecular complexity index is 1140. The number of nitrogens with one attached hydrogen (secondary N) is 1. The number of hydrogen-bond acceptors (Lipinski definition) is 5. The van der Waals surface area contributed by atoms with Gasteiger partial charge in [-0.25, -0.2) is 13.1 Å². The summed E-state index contributed by atoms with van der Waals surface area (Å²) in [5.74, 6) is 0.122. The van der Waals surface area contributed by atoms with Gasteiger partial charge in [0.2, 0.25) is 10.0 Å². The van der Waals surface area contributed by atoms with E-state index in [9.17, 15) is 13.2 Å². The molecule has 6 nitrogen and oxygen atoms in total. The minimum Gasteiger partial charge on any atom is -0.496 e. The minimum absolute atomic E-state index is 0.107. The van der Waals surface area contributed by atoms with E-state index in [1.165, 1.54) is 6.07 Å². The largest absolute Gasteiger partial charge is 0.496 e. The van der Waals surface area contributed by atoms with Gasteiger partial charge >= 0.3 is 5.97 Å². The van der Waals surface area contributed by atoms with Gasteiger partial charge in [-0.2, -0.15) is 0 Å². The van der Waals surface area contributed by atoms with E-state index in [1.54, 1.807) is 32.2 Å². The number of benzene rings is 3. The minimum atomic E-state index is -3.94. The standard InChI is InChI=1S/C23H25NO5S/c1-4-29-23(25)15-20(17-11-9-16(2)10-12-17)24-30(26,27)22-14-13-21(28-3)18-7-5-6-8-19(18)22/h5-14,20,24H,4,15H2,1-3H3. The lowest BCUT2D eigenvalue weighted by atomic mass is 10.0. The molecule has 3 aromatic carbocycles. The zero-order valence-electron chi connectivity index (χ0n) is 17.2. The molecule has 0 saturated carbocycles. The van der Waals surface area contributed by atoms with Gasteiger partial charge in [-0.1, -0.05) is 54.1 Å². The average molecular weight is 428 g/mol. The van der Waals surface area contributed by atoms with Crippen molar-refractivity contribution in [1.29, 1.82) is 0 Å². The summed E-state index contributed by atoms with van der Waals surface area (Å²) in [4.78, 5) is 12.3. The van der Waals surface area contributed by atoms with Crippen molar-refractivity contribution < 1.29 is 22.7 Å². The molecule has 0 radical (unpaired) electrons. The first-order chi connectivity index (χ1) is 14.4. The zero-order chi connectivity index (χ0) is 21.7. The fourth-order valence-electron chi connectivity index (χ4n) is 3.32. The van der Waals surface area contributed by atoms with Crippen LogP contribution in [0.5, 0.6) is 5.75 Å². The summed E-state index contributed by atoms with van der Waals surface area (Å²) >= 11 is 0. The molecular weight excluding hydrogens is 402 g/mol. The first-order valence-electron chi connectivity index (χ1n) is 9.66. The summed E-state index contributed by atoms with van der Waals surface area (Å²) in [6.45, 7) is 3.89. The van der Waals surface area contributed by atoms with Crippen molar-refractivity contribution >= 4 is 26.8 Å². The summed E-state index contributed by atoms with van der Waals surface area (Å²) in [5, 5.41) is 1.24. The van der Waals surface area contributed by atoms with Crippen LogP contribution >= 0.6 is 0 Å². The van der Waals surface area contributed by atoms with Crippen LogP contribution in [0, 0.1) is 6.92 Å². The Morgan fingerprint density at radius 1 is 1.00 bits per heavy atom. The zero-order valence-corrected chi connectivity index (χ0v) is 18.0. The Hall–Kier alpha value is -2.90. The highest BCUT2D eigenvalue weighted by molar-refractivity contribution is 7.89. The van der Waals surface area contributed by atoms with Crippen molar-refractivity contribution in [3.63, 3.8) is 0 Å². The van der Waals surface area contributed by atoms with E-state index in [4.69, 9.17) is 9.47 Å². The van der Waals surface area contributed by atoms with Crippen molar-refractivity contribution in [2.24, 2.45) is 0 Å². The maximum absolute atomic E-state index is 13.3. The molecule has 0 fully saturated rings. The number of sulfonamides is 1. The number of methoxy groups -OCH3 is 1. The highest BCUT2D eigenvalue weighted by atomic mass is 32.2. The molecule has 1 N–H and O–H groups in total. The van der Waals surface area contributed by atoms with Gasteiger partial charge in [0, 0.05) is 10.8 Å². The summed E-state index contributed by atoms with van der Waals surface area (Å²) in [6, 6.07) is 16.9. The van der Waals surface area contributed by atoms with E-state index in [0.717, 1.165) is 5.56 Å². The molecule has 30 heavy (non-hydrogen) atoms. The van der Waals surface area contributed by atoms with Gasteiger partial charge in [-0.15, -0.1) is 0 Å². The average Bonchev–Trinajstić information content (AvgIpc) is 2.73. The fourth-order valence-corrected chi connectivity index (χ4v) is 4.76. The topological polar surface area (TPSA) is 81.7 Å². The number of aryl methyl sites for hydroxylation is 1. The number of ether oxygens (including phenoxy) is 2. The Balaban J connectivity index is 2.02. The molecule has 0 saturated heterocycles. The van der Waals surface area contributed by atoms with Gasteiger partial charge in [-0.05, 0) is 31.5 Å². The van der Waals surface area contributed by atoms with Crippen molar-refractivity contribution in [1.82, 2.24) is 4.72 Å². The van der Waals surface area contributed by atoms with Crippen molar-refractivity contribution in [2.45, 2.75) is 31.2 Å². The Morgan fingerprint density at radius 2 is 1.67 bits per heavy atom. The number of fused-ring (bicyclic) bond motifs is 1. The SMILES string of the molecule is CCOC(=O)CC(NS(=O)(=O)c1ccc(OC)c2ccccc12)c1ccc(C)cc1. The van der Waals surface area contributed by atoms with Gasteiger partial charge in [-0.3, -0.25) is 4.79 Å². The Kier molecular flexibility index (Phi) is 6.74. The normalized spacial score (nSPS) is 12.5. The van der Waals surface area contributed by atoms with Gasteiger partial charge in [0.05, 0.1) is 31.1 Å². The Labute approximate surface area is 176 Å². The number of esters is 1. The van der Waals surface area contributed by atoms with Crippen LogP contribution in [-0.2, 0) is 19.6 Å². The second kappa shape index (κ2) is 9.28. The van der Waals surface area contributed by atoms with E-state index in [1.807, 2.05) is 43.3 Å². The predicted octanol–water partition coefficient (Wildman–Crippen LogP) is 4.13. The van der Waals surface area contributed by atoms with Crippen LogP contribution in [0.2, 0.25) is 0 Å². The number of hydrogen-bond donors (Lipinski definition) is 1. The van der Waals surface area contributed by atoms with Crippen LogP contribution in [0.25, 0.3) is 10.8 Å². The lowest BCUT2D eigenvalue weighted by Crippen LogP contribution is -2.31. The van der Waals surface area contributed by atoms with Crippen LogP contribution in [0.1, 0.15) is 30.5 Å². The third-order valence-electron chi connectivity index (χ3n) is 4.81. The monoisotopic (exact) mass is 427 g/mol. The first-order valence-corrected chi connectivity index (χ1v) is 11.1. The Morgan fingerprint density at radius 3 is 2.30 bits per heavy atom. The molecule has 7 heteroatoms. The number of rotatable bonds is 8. The molecule has 0 aliphatic rings. The molecule has 0 bridgehead atoms. The van der Waals surface area contributed by atoms with Crippen LogP contribution < -0.4 is 9.46 Å². The van der Waals surface area contributed by atoms with Gasteiger partial charge in [0.15, 0.2) is 0 Å². The van der Waals surface area contributed by atoms with E-state index in [-0.39, 0.29) is 17.9 Å². The molecule has 3 rings (SSSR count). The summed E-state index contributed by atoms with van der Waals surface area (Å²) in [5.41, 5.74) is 1.73. The molecule has 0 aromatic heterocycles. The number of carbonyl (C=O) groups is 1. The maximum atomic E-state index is 13.3.